The van der Waals surface area contributed by atoms with Crippen molar-refractivity contribution in [3.8, 4) is 22.9 Å². The van der Waals surface area contributed by atoms with E-state index in [0.29, 0.717) is 52.4 Å². The van der Waals surface area contributed by atoms with E-state index in [0.717, 1.165) is 50.0 Å². The highest BCUT2D eigenvalue weighted by molar-refractivity contribution is 7.22. The van der Waals surface area contributed by atoms with Crippen LogP contribution in [0.4, 0.5) is 15.3 Å². The van der Waals surface area contributed by atoms with E-state index < -0.39 is 5.82 Å². The molecule has 3 atom stereocenters. The van der Waals surface area contributed by atoms with Gasteiger partial charge in [-0.1, -0.05) is 35.1 Å². The van der Waals surface area contributed by atoms with Crippen molar-refractivity contribution in [1.29, 1.82) is 0 Å². The molecule has 3 N–H and O–H groups in total. The van der Waals surface area contributed by atoms with Gasteiger partial charge in [0.2, 0.25) is 0 Å². The van der Waals surface area contributed by atoms with E-state index in [1.807, 2.05) is 18.2 Å². The van der Waals surface area contributed by atoms with E-state index in [1.54, 1.807) is 0 Å². The number of nitrogens with one attached hydrogen (secondary N) is 1. The SMILES string of the molecule is Nc1nc2c(-c3c(Cl)c4c5c(nc(OCC67CCCN6CCC7)nc5c3F)N3C[C@@H]5CC[C@@H](N5)[C@H]3CO4)cccc2s1. The van der Waals surface area contributed by atoms with Crippen molar-refractivity contribution >= 4 is 55.0 Å². The second-order valence-corrected chi connectivity index (χ2v) is 13.8. The molecule has 4 aromatic rings. The summed E-state index contributed by atoms with van der Waals surface area (Å²) in [7, 11) is 0. The lowest BCUT2D eigenvalue weighted by molar-refractivity contribution is 0.108. The molecule has 4 saturated heterocycles. The third kappa shape index (κ3) is 3.63. The van der Waals surface area contributed by atoms with E-state index >= 15 is 4.39 Å². The van der Waals surface area contributed by atoms with E-state index in [-0.39, 0.29) is 39.7 Å². The van der Waals surface area contributed by atoms with Gasteiger partial charge in [0.15, 0.2) is 16.7 Å². The van der Waals surface area contributed by atoms with Crippen molar-refractivity contribution in [3.05, 3.63) is 29.0 Å². The number of aromatic nitrogens is 3. The fourth-order valence-electron chi connectivity index (χ4n) is 8.21. The maximum Gasteiger partial charge on any atom is 0.319 e. The number of nitrogens with two attached hydrogens (primary N) is 1. The average Bonchev–Trinajstić information content (AvgIpc) is 3.73. The summed E-state index contributed by atoms with van der Waals surface area (Å²) in [5, 5.41) is 4.85. The Labute approximate surface area is 251 Å². The zero-order chi connectivity index (χ0) is 28.2. The van der Waals surface area contributed by atoms with Gasteiger partial charge in [-0.3, -0.25) is 4.90 Å². The van der Waals surface area contributed by atoms with Gasteiger partial charge in [0.25, 0.3) is 0 Å². The number of rotatable bonds is 4. The molecular formula is C30H31ClFN7O2S. The van der Waals surface area contributed by atoms with Crippen LogP contribution in [0.5, 0.6) is 11.8 Å². The Kier molecular flexibility index (Phi) is 5.62. The number of nitrogens with zero attached hydrogens (tertiary/aromatic N) is 5. The summed E-state index contributed by atoms with van der Waals surface area (Å²) >= 11 is 8.45. The number of nitrogen functional groups attached to an aromatic ring is 1. The van der Waals surface area contributed by atoms with Gasteiger partial charge in [0, 0.05) is 29.8 Å². The molecule has 2 aromatic carbocycles. The molecular weight excluding hydrogens is 577 g/mol. The normalized spacial score (nSPS) is 26.0. The van der Waals surface area contributed by atoms with Crippen LogP contribution in [-0.2, 0) is 0 Å². The number of halogens is 2. The lowest BCUT2D eigenvalue weighted by atomic mass is 9.95. The van der Waals surface area contributed by atoms with Crippen molar-refractivity contribution in [2.45, 2.75) is 62.2 Å². The zero-order valence-corrected chi connectivity index (χ0v) is 24.6. The van der Waals surface area contributed by atoms with Gasteiger partial charge in [0.1, 0.15) is 24.5 Å². The van der Waals surface area contributed by atoms with E-state index in [1.165, 1.54) is 24.2 Å². The molecule has 4 fully saturated rings. The smallest absolute Gasteiger partial charge is 0.319 e. The molecule has 7 heterocycles. The monoisotopic (exact) mass is 607 g/mol. The molecule has 0 unspecified atom stereocenters. The van der Waals surface area contributed by atoms with Gasteiger partial charge in [-0.15, -0.1) is 0 Å². The van der Waals surface area contributed by atoms with E-state index in [4.69, 9.17) is 36.8 Å². The van der Waals surface area contributed by atoms with Crippen LogP contribution in [0.15, 0.2) is 18.2 Å². The van der Waals surface area contributed by atoms with Crippen LogP contribution >= 0.6 is 22.9 Å². The number of hydrogen-bond acceptors (Lipinski definition) is 10. The molecule has 2 bridgehead atoms. The van der Waals surface area contributed by atoms with Crippen molar-refractivity contribution in [3.63, 3.8) is 0 Å². The fraction of sp³-hybridized carbons (Fsp3) is 0.500. The van der Waals surface area contributed by atoms with E-state index in [9.17, 15) is 0 Å². The summed E-state index contributed by atoms with van der Waals surface area (Å²) < 4.78 is 30.7. The Hall–Kier alpha value is -2.99. The number of thiazole rings is 1. The Morgan fingerprint density at radius 2 is 2.02 bits per heavy atom. The largest absolute Gasteiger partial charge is 0.489 e. The van der Waals surface area contributed by atoms with Crippen molar-refractivity contribution in [1.82, 2.24) is 25.2 Å². The number of benzene rings is 2. The molecule has 9 nitrogen and oxygen atoms in total. The highest BCUT2D eigenvalue weighted by atomic mass is 35.5. The van der Waals surface area contributed by atoms with Gasteiger partial charge in [-0.2, -0.15) is 9.97 Å². The molecule has 12 heteroatoms. The Bertz CT molecular complexity index is 1760. The first kappa shape index (κ1) is 25.5. The second-order valence-electron chi connectivity index (χ2n) is 12.4. The Balaban J connectivity index is 1.25. The van der Waals surface area contributed by atoms with Crippen LogP contribution in [0.3, 0.4) is 0 Å². The summed E-state index contributed by atoms with van der Waals surface area (Å²) in [6.07, 6.45) is 6.69. The molecule has 0 saturated carbocycles. The zero-order valence-electron chi connectivity index (χ0n) is 23.0. The molecule has 218 valence electrons. The van der Waals surface area contributed by atoms with Crippen LogP contribution < -0.4 is 25.4 Å². The quantitative estimate of drug-likeness (QED) is 0.332. The first-order chi connectivity index (χ1) is 20.5. The number of ether oxygens (including phenoxy) is 2. The predicted octanol–water partition coefficient (Wildman–Crippen LogP) is 4.99. The molecule has 0 amide bonds. The molecule has 0 spiro atoms. The highest BCUT2D eigenvalue weighted by Gasteiger charge is 2.46. The van der Waals surface area contributed by atoms with Crippen LogP contribution in [0, 0.1) is 5.82 Å². The number of piperazine rings is 1. The lowest BCUT2D eigenvalue weighted by Gasteiger charge is -2.40. The molecule has 0 radical (unpaired) electrons. The minimum Gasteiger partial charge on any atom is -0.489 e. The molecule has 5 aliphatic heterocycles. The minimum atomic E-state index is -0.534. The van der Waals surface area contributed by atoms with Gasteiger partial charge >= 0.3 is 6.01 Å². The summed E-state index contributed by atoms with van der Waals surface area (Å²) in [4.78, 5) is 19.1. The second kappa shape index (κ2) is 9.25. The first-order valence-electron chi connectivity index (χ1n) is 14.9. The van der Waals surface area contributed by atoms with Gasteiger partial charge in [-0.05, 0) is 57.7 Å². The predicted molar refractivity (Wildman–Crippen MR) is 162 cm³/mol. The van der Waals surface area contributed by atoms with Gasteiger partial charge in [0.05, 0.1) is 32.2 Å². The van der Waals surface area contributed by atoms with Crippen LogP contribution in [-0.4, -0.2) is 76.4 Å². The number of hydrogen-bond donors (Lipinski definition) is 2. The molecule has 2 aromatic heterocycles. The summed E-state index contributed by atoms with van der Waals surface area (Å²) in [5.74, 6) is 0.515. The summed E-state index contributed by atoms with van der Waals surface area (Å²) in [6, 6.07) is 6.44. The number of para-hydroxylation sites is 1. The van der Waals surface area contributed by atoms with Crippen LogP contribution in [0.2, 0.25) is 5.02 Å². The summed E-state index contributed by atoms with van der Waals surface area (Å²) in [6.45, 7) is 3.86. The van der Waals surface area contributed by atoms with Crippen LogP contribution in [0.25, 0.3) is 32.2 Å². The van der Waals surface area contributed by atoms with Crippen molar-refractivity contribution in [2.75, 3.05) is 43.5 Å². The summed E-state index contributed by atoms with van der Waals surface area (Å²) in [5.41, 5.74) is 7.59. The lowest BCUT2D eigenvalue weighted by Crippen LogP contribution is -2.60. The minimum absolute atomic E-state index is 0.0152. The van der Waals surface area contributed by atoms with Crippen molar-refractivity contribution in [2.24, 2.45) is 0 Å². The van der Waals surface area contributed by atoms with Gasteiger partial charge in [-0.25, -0.2) is 9.37 Å². The Morgan fingerprint density at radius 1 is 1.17 bits per heavy atom. The number of anilines is 2. The first-order valence-corrected chi connectivity index (χ1v) is 16.1. The maximum absolute atomic E-state index is 16.9. The Morgan fingerprint density at radius 3 is 2.88 bits per heavy atom. The maximum atomic E-state index is 16.9. The average molecular weight is 608 g/mol. The van der Waals surface area contributed by atoms with Crippen LogP contribution in [0.1, 0.15) is 38.5 Å². The van der Waals surface area contributed by atoms with Crippen molar-refractivity contribution < 1.29 is 13.9 Å². The van der Waals surface area contributed by atoms with E-state index in [2.05, 4.69) is 20.1 Å². The molecule has 5 aliphatic rings. The molecule has 0 aliphatic carbocycles. The fourth-order valence-corrected chi connectivity index (χ4v) is 9.31. The third-order valence-corrected chi connectivity index (χ3v) is 11.4. The molecule has 9 rings (SSSR count). The highest BCUT2D eigenvalue weighted by Crippen LogP contribution is 2.50. The standard InChI is InChI=1S/C30H31ClFN7O2S/c31-22-20(16-4-1-5-19-24(16)35-28(33)42-19)23(32)25-21-26(22)40-13-18-17-7-6-15(34-17)12-39(18)27(21)37-29(36-25)41-14-30-8-2-10-38(30)11-3-9-30/h1,4-5,15,17-18,34H,2-3,6-14H2,(H2,33,35)/t15-,17+,18+/m0/s1. The third-order valence-electron chi connectivity index (χ3n) is 10.2. The van der Waals surface area contributed by atoms with Gasteiger partial charge < -0.3 is 25.4 Å². The number of fused-ring (bicyclic) bond motifs is 7. The molecule has 42 heavy (non-hydrogen) atoms. The topological polar surface area (TPSA) is 102 Å².